The van der Waals surface area contributed by atoms with E-state index in [-0.39, 0.29) is 33.5 Å². The van der Waals surface area contributed by atoms with E-state index in [0.29, 0.717) is 0 Å². The standard InChI is InChI=1S/C65H56F2N2/c1-61-31-9-11-33-63(61,3)68(47-17-13-15-45(66)39-47)59-29-25-43(37-57(59)61)41-23-27-51-52-28-24-42(36-56(52)65(55(51)35-41)53-21-7-5-19-49(53)50-20-6-8-22-54(50)65)44-26-30-60-58(38-44)62(2)32-10-12-34-64(62,4)69(60)48-18-14-16-46(67)40-48/h5-8,13-30,35-40H,9-12,31-34H2,1-4H3. The highest BCUT2D eigenvalue weighted by Gasteiger charge is 2.59. The van der Waals surface area contributed by atoms with Gasteiger partial charge in [-0.3, -0.25) is 0 Å². The van der Waals surface area contributed by atoms with Crippen LogP contribution in [0.2, 0.25) is 0 Å². The molecule has 2 nitrogen and oxygen atoms in total. The van der Waals surface area contributed by atoms with Crippen LogP contribution < -0.4 is 9.80 Å². The van der Waals surface area contributed by atoms with Crippen molar-refractivity contribution < 1.29 is 8.78 Å². The summed E-state index contributed by atoms with van der Waals surface area (Å²) < 4.78 is 29.8. The molecule has 14 rings (SSSR count). The number of hydrogen-bond donors (Lipinski definition) is 0. The molecule has 1 spiro atoms. The van der Waals surface area contributed by atoms with Gasteiger partial charge in [0, 0.05) is 33.6 Å². The molecular formula is C65H56F2N2. The Labute approximate surface area is 405 Å². The third kappa shape index (κ3) is 5.20. The Kier molecular flexibility index (Phi) is 8.46. The Morgan fingerprint density at radius 2 is 0.725 bits per heavy atom. The van der Waals surface area contributed by atoms with Crippen molar-refractivity contribution in [2.45, 2.75) is 106 Å². The van der Waals surface area contributed by atoms with Crippen molar-refractivity contribution in [3.05, 3.63) is 215 Å². The fraction of sp³-hybridized carbons (Fsp3) is 0.262. The highest BCUT2D eigenvalue weighted by atomic mass is 19.1. The van der Waals surface area contributed by atoms with Gasteiger partial charge in [0.2, 0.25) is 0 Å². The van der Waals surface area contributed by atoms with Crippen molar-refractivity contribution in [3.8, 4) is 44.5 Å². The van der Waals surface area contributed by atoms with Gasteiger partial charge in [-0.1, -0.05) is 137 Å². The van der Waals surface area contributed by atoms with Crippen molar-refractivity contribution in [3.63, 3.8) is 0 Å². The second-order valence-electron chi connectivity index (χ2n) is 22.1. The van der Waals surface area contributed by atoms with E-state index in [1.165, 1.54) is 102 Å². The Bertz CT molecular complexity index is 3270. The third-order valence-corrected chi connectivity index (χ3v) is 19.1. The normalized spacial score (nSPS) is 25.1. The van der Waals surface area contributed by atoms with E-state index in [1.807, 2.05) is 12.1 Å². The first kappa shape index (κ1) is 41.2. The van der Waals surface area contributed by atoms with Crippen LogP contribution in [-0.4, -0.2) is 11.1 Å². The summed E-state index contributed by atoms with van der Waals surface area (Å²) in [5.74, 6) is -0.395. The Hall–Kier alpha value is -6.78. The lowest BCUT2D eigenvalue weighted by Gasteiger charge is -2.50. The van der Waals surface area contributed by atoms with Gasteiger partial charge in [-0.25, -0.2) is 8.78 Å². The SMILES string of the molecule is CC12CCCCC1(C)N(c1cccc(F)c1)c1ccc(-c3ccc4c(c3)C3(c5ccccc5-c5ccccc53)c3cc(-c5ccc6c(c5)C5(C)CCCCC5(C)N6c5cccc(F)c5)ccc3-4)cc12. The smallest absolute Gasteiger partial charge is 0.125 e. The lowest BCUT2D eigenvalue weighted by atomic mass is 9.61. The van der Waals surface area contributed by atoms with E-state index in [1.54, 1.807) is 24.3 Å². The van der Waals surface area contributed by atoms with E-state index in [4.69, 9.17) is 0 Å². The molecule has 0 bridgehead atoms. The lowest BCUT2D eigenvalue weighted by molar-refractivity contribution is 0.195. The molecule has 4 aliphatic carbocycles. The zero-order valence-corrected chi connectivity index (χ0v) is 40.0. The molecule has 4 atom stereocenters. The van der Waals surface area contributed by atoms with Crippen LogP contribution in [-0.2, 0) is 16.2 Å². The van der Waals surface area contributed by atoms with Crippen LogP contribution in [0, 0.1) is 11.6 Å². The van der Waals surface area contributed by atoms with Crippen molar-refractivity contribution >= 4 is 22.7 Å². The third-order valence-electron chi connectivity index (χ3n) is 19.1. The van der Waals surface area contributed by atoms with Crippen molar-refractivity contribution in [2.24, 2.45) is 0 Å². The molecule has 0 amide bonds. The molecule has 0 saturated heterocycles. The Morgan fingerprint density at radius 3 is 1.16 bits per heavy atom. The summed E-state index contributed by atoms with van der Waals surface area (Å²) in [4.78, 5) is 4.92. The average molecular weight is 903 g/mol. The van der Waals surface area contributed by atoms with Gasteiger partial charge >= 0.3 is 0 Å². The van der Waals surface area contributed by atoms with Crippen LogP contribution in [0.5, 0.6) is 0 Å². The monoisotopic (exact) mass is 902 g/mol. The number of hydrogen-bond acceptors (Lipinski definition) is 2. The average Bonchev–Trinajstić information content (AvgIpc) is 3.97. The molecule has 2 fully saturated rings. The molecule has 4 heteroatoms. The summed E-state index contributed by atoms with van der Waals surface area (Å²) in [6.45, 7) is 9.74. The zero-order chi connectivity index (χ0) is 46.7. The maximum absolute atomic E-state index is 14.9. The fourth-order valence-corrected chi connectivity index (χ4v) is 15.4. The Morgan fingerprint density at radius 1 is 0.348 bits per heavy atom. The van der Waals surface area contributed by atoms with E-state index in [0.717, 1.165) is 49.9 Å². The molecule has 2 aliphatic heterocycles. The highest BCUT2D eigenvalue weighted by molar-refractivity contribution is 5.97. The molecule has 8 aromatic rings. The maximum atomic E-state index is 14.9. The number of nitrogens with zero attached hydrogens (tertiary/aromatic N) is 2. The van der Waals surface area contributed by atoms with Crippen LogP contribution >= 0.6 is 0 Å². The van der Waals surface area contributed by atoms with Crippen molar-refractivity contribution in [2.75, 3.05) is 9.80 Å². The number of anilines is 4. The molecule has 2 saturated carbocycles. The molecule has 340 valence electrons. The van der Waals surface area contributed by atoms with Crippen molar-refractivity contribution in [1.29, 1.82) is 0 Å². The van der Waals surface area contributed by atoms with Crippen LogP contribution in [0.3, 0.4) is 0 Å². The summed E-state index contributed by atoms with van der Waals surface area (Å²) in [5.41, 5.74) is 21.2. The zero-order valence-electron chi connectivity index (χ0n) is 40.0. The molecule has 8 aromatic carbocycles. The van der Waals surface area contributed by atoms with E-state index in [2.05, 4.69) is 171 Å². The van der Waals surface area contributed by atoms with Gasteiger partial charge in [0.25, 0.3) is 0 Å². The molecule has 6 aliphatic rings. The first-order valence-corrected chi connectivity index (χ1v) is 25.4. The van der Waals surface area contributed by atoms with E-state index >= 15 is 0 Å². The minimum Gasteiger partial charge on any atom is -0.334 e. The first-order valence-electron chi connectivity index (χ1n) is 25.4. The number of rotatable bonds is 4. The number of benzene rings is 8. The number of fused-ring (bicyclic) bond motifs is 16. The first-order chi connectivity index (χ1) is 33.5. The topological polar surface area (TPSA) is 6.48 Å². The van der Waals surface area contributed by atoms with Gasteiger partial charge in [0.1, 0.15) is 11.6 Å². The van der Waals surface area contributed by atoms with Crippen LogP contribution in [0.15, 0.2) is 170 Å². The predicted octanol–water partition coefficient (Wildman–Crippen LogP) is 17.1. The summed E-state index contributed by atoms with van der Waals surface area (Å²) in [7, 11) is 0. The van der Waals surface area contributed by atoms with E-state index in [9.17, 15) is 8.78 Å². The number of halogens is 2. The van der Waals surface area contributed by atoms with Gasteiger partial charge < -0.3 is 9.80 Å². The molecule has 69 heavy (non-hydrogen) atoms. The van der Waals surface area contributed by atoms with Crippen molar-refractivity contribution in [1.82, 2.24) is 0 Å². The van der Waals surface area contributed by atoms with Crippen LogP contribution in [0.25, 0.3) is 44.5 Å². The molecule has 4 unspecified atom stereocenters. The minimum absolute atomic E-state index is 0.0980. The molecule has 0 aromatic heterocycles. The van der Waals surface area contributed by atoms with Gasteiger partial charge in [-0.05, 0) is 190 Å². The van der Waals surface area contributed by atoms with Gasteiger partial charge in [-0.15, -0.1) is 0 Å². The highest BCUT2D eigenvalue weighted by Crippen LogP contribution is 2.66. The molecule has 2 heterocycles. The second kappa shape index (κ2) is 14.2. The minimum atomic E-state index is -0.526. The summed E-state index contributed by atoms with van der Waals surface area (Å²) >= 11 is 0. The van der Waals surface area contributed by atoms with Crippen LogP contribution in [0.1, 0.15) is 112 Å². The maximum Gasteiger partial charge on any atom is 0.125 e. The second-order valence-corrected chi connectivity index (χ2v) is 22.1. The molecule has 0 radical (unpaired) electrons. The van der Waals surface area contributed by atoms with Gasteiger partial charge in [0.15, 0.2) is 0 Å². The van der Waals surface area contributed by atoms with Crippen LogP contribution in [0.4, 0.5) is 31.5 Å². The summed E-state index contributed by atoms with van der Waals surface area (Å²) in [5, 5.41) is 0. The summed E-state index contributed by atoms with van der Waals surface area (Å²) in [6.07, 6.45) is 9.00. The van der Waals surface area contributed by atoms with E-state index < -0.39 is 5.41 Å². The quantitative estimate of drug-likeness (QED) is 0.174. The molecule has 0 N–H and O–H groups in total. The van der Waals surface area contributed by atoms with Gasteiger partial charge in [0.05, 0.1) is 16.5 Å². The Balaban J connectivity index is 0.941. The van der Waals surface area contributed by atoms with Gasteiger partial charge in [-0.2, -0.15) is 0 Å². The summed E-state index contributed by atoms with van der Waals surface area (Å²) in [6, 6.07) is 61.3. The lowest BCUT2D eigenvalue weighted by Crippen LogP contribution is -2.54. The predicted molar refractivity (Wildman–Crippen MR) is 279 cm³/mol. The molecular weight excluding hydrogens is 847 g/mol. The fourth-order valence-electron chi connectivity index (χ4n) is 15.4. The largest absolute Gasteiger partial charge is 0.334 e.